The van der Waals surface area contributed by atoms with Gasteiger partial charge in [-0.25, -0.2) is 4.79 Å². The SMILES string of the molecule is C=CCc1ccsc1N(C)C(=O)O[C@H]1C[N+]2(CC=C)CCC1CC2. The Morgan fingerprint density at radius 2 is 2.17 bits per heavy atom. The lowest BCUT2D eigenvalue weighted by atomic mass is 9.83. The van der Waals surface area contributed by atoms with Crippen molar-refractivity contribution >= 4 is 22.4 Å². The molecule has 2 bridgehead atoms. The van der Waals surface area contributed by atoms with E-state index in [2.05, 4.69) is 13.2 Å². The van der Waals surface area contributed by atoms with E-state index in [9.17, 15) is 4.79 Å². The van der Waals surface area contributed by atoms with Crippen molar-refractivity contribution in [2.24, 2.45) is 5.92 Å². The van der Waals surface area contributed by atoms with Crippen LogP contribution in [0.4, 0.5) is 9.80 Å². The summed E-state index contributed by atoms with van der Waals surface area (Å²) in [6.07, 6.45) is 6.72. The van der Waals surface area contributed by atoms with Gasteiger partial charge in [0.15, 0.2) is 6.10 Å². The average Bonchev–Trinajstić information content (AvgIpc) is 3.03. The zero-order chi connectivity index (χ0) is 17.2. The second-order valence-electron chi connectivity index (χ2n) is 7.01. The Kier molecular flexibility index (Phi) is 5.11. The summed E-state index contributed by atoms with van der Waals surface area (Å²) in [6, 6.07) is 2.05. The van der Waals surface area contributed by atoms with Crippen LogP contribution in [0.1, 0.15) is 18.4 Å². The van der Waals surface area contributed by atoms with Gasteiger partial charge in [0.05, 0.1) is 19.6 Å². The van der Waals surface area contributed by atoms with E-state index in [4.69, 9.17) is 4.74 Å². The fourth-order valence-electron chi connectivity index (χ4n) is 4.11. The summed E-state index contributed by atoms with van der Waals surface area (Å²) in [7, 11) is 1.80. The largest absolute Gasteiger partial charge is 0.440 e. The fraction of sp³-hybridized carbons (Fsp3) is 0.526. The van der Waals surface area contributed by atoms with Crippen LogP contribution in [0, 0.1) is 5.92 Å². The molecule has 24 heavy (non-hydrogen) atoms. The van der Waals surface area contributed by atoms with E-state index in [0.29, 0.717) is 5.92 Å². The molecule has 3 saturated heterocycles. The molecular weight excluding hydrogens is 320 g/mol. The van der Waals surface area contributed by atoms with E-state index in [-0.39, 0.29) is 12.2 Å². The Bertz CT molecular complexity index is 617. The number of anilines is 1. The van der Waals surface area contributed by atoms with Crippen LogP contribution in [0.15, 0.2) is 36.8 Å². The van der Waals surface area contributed by atoms with E-state index in [1.54, 1.807) is 23.3 Å². The van der Waals surface area contributed by atoms with Gasteiger partial charge < -0.3 is 9.22 Å². The first-order valence-corrected chi connectivity index (χ1v) is 9.54. The highest BCUT2D eigenvalue weighted by molar-refractivity contribution is 7.14. The van der Waals surface area contributed by atoms with Crippen LogP contribution in [-0.2, 0) is 11.2 Å². The standard InChI is InChI=1S/C19H27N2O2S/c1-4-6-16-9-13-24-18(16)20(3)19(22)23-17-14-21(10-5-2)11-7-15(17)8-12-21/h4-5,9,13,15,17H,1-2,6-8,10-12,14H2,3H3/q+1/t15?,17-,21?/m0/s1. The van der Waals surface area contributed by atoms with Crippen LogP contribution in [0.25, 0.3) is 0 Å². The summed E-state index contributed by atoms with van der Waals surface area (Å²) < 4.78 is 6.96. The van der Waals surface area contributed by atoms with Crippen LogP contribution in [0.3, 0.4) is 0 Å². The number of hydrogen-bond donors (Lipinski definition) is 0. The van der Waals surface area contributed by atoms with Gasteiger partial charge in [0, 0.05) is 25.8 Å². The molecule has 1 amide bonds. The molecule has 1 atom stereocenters. The molecule has 4 heterocycles. The molecule has 0 aromatic carbocycles. The molecule has 0 spiro atoms. The van der Waals surface area contributed by atoms with Gasteiger partial charge in [-0.2, -0.15) is 0 Å². The van der Waals surface area contributed by atoms with Crippen molar-refractivity contribution < 1.29 is 14.0 Å². The quantitative estimate of drug-likeness (QED) is 0.578. The molecule has 4 rings (SSSR count). The zero-order valence-corrected chi connectivity index (χ0v) is 15.3. The third-order valence-electron chi connectivity index (χ3n) is 5.48. The lowest BCUT2D eigenvalue weighted by molar-refractivity contribution is -0.941. The average molecular weight is 348 g/mol. The van der Waals surface area contributed by atoms with Crippen molar-refractivity contribution in [3.63, 3.8) is 0 Å². The predicted molar refractivity (Wildman–Crippen MR) is 99.5 cm³/mol. The molecular formula is C19H27N2O2S+. The van der Waals surface area contributed by atoms with Gasteiger partial charge in [-0.3, -0.25) is 4.90 Å². The first kappa shape index (κ1) is 17.2. The summed E-state index contributed by atoms with van der Waals surface area (Å²) in [5.41, 5.74) is 1.12. The van der Waals surface area contributed by atoms with Gasteiger partial charge in [-0.1, -0.05) is 12.7 Å². The predicted octanol–water partition coefficient (Wildman–Crippen LogP) is 3.84. The lowest BCUT2D eigenvalue weighted by Gasteiger charge is -2.51. The molecule has 0 aliphatic carbocycles. The number of hydrogen-bond acceptors (Lipinski definition) is 3. The highest BCUT2D eigenvalue weighted by atomic mass is 32.1. The van der Waals surface area contributed by atoms with Gasteiger partial charge in [0.2, 0.25) is 0 Å². The van der Waals surface area contributed by atoms with E-state index < -0.39 is 0 Å². The molecule has 1 aromatic heterocycles. The number of nitrogens with zero attached hydrogens (tertiary/aromatic N) is 2. The molecule has 3 aliphatic rings. The van der Waals surface area contributed by atoms with Crippen molar-refractivity contribution in [2.45, 2.75) is 25.4 Å². The van der Waals surface area contributed by atoms with Gasteiger partial charge in [-0.15, -0.1) is 17.9 Å². The van der Waals surface area contributed by atoms with Crippen LogP contribution in [0.2, 0.25) is 0 Å². The molecule has 130 valence electrons. The monoisotopic (exact) mass is 347 g/mol. The maximum atomic E-state index is 12.7. The number of ether oxygens (including phenoxy) is 1. The number of fused-ring (bicyclic) bond motifs is 3. The Morgan fingerprint density at radius 1 is 1.42 bits per heavy atom. The van der Waals surface area contributed by atoms with E-state index in [1.807, 2.05) is 23.6 Å². The number of thiophene rings is 1. The van der Waals surface area contributed by atoms with Crippen LogP contribution in [-0.4, -0.2) is 49.9 Å². The second kappa shape index (κ2) is 7.11. The second-order valence-corrected chi connectivity index (χ2v) is 7.90. The normalized spacial score (nSPS) is 28.4. The highest BCUT2D eigenvalue weighted by Crippen LogP contribution is 2.36. The van der Waals surface area contributed by atoms with Gasteiger partial charge in [0.25, 0.3) is 0 Å². The molecule has 5 heteroatoms. The number of carbonyl (C=O) groups excluding carboxylic acids is 1. The van der Waals surface area contributed by atoms with E-state index in [1.165, 1.54) is 13.1 Å². The Balaban J connectivity index is 1.67. The third kappa shape index (κ3) is 3.28. The summed E-state index contributed by atoms with van der Waals surface area (Å²) >= 11 is 1.57. The zero-order valence-electron chi connectivity index (χ0n) is 14.4. The third-order valence-corrected chi connectivity index (χ3v) is 6.51. The first-order valence-electron chi connectivity index (χ1n) is 8.66. The van der Waals surface area contributed by atoms with Crippen LogP contribution < -0.4 is 4.90 Å². The van der Waals surface area contributed by atoms with Gasteiger partial charge in [-0.05, 0) is 29.5 Å². The summed E-state index contributed by atoms with van der Waals surface area (Å²) in [5, 5.41) is 2.97. The molecule has 0 unspecified atom stereocenters. The summed E-state index contributed by atoms with van der Waals surface area (Å²) in [6.45, 7) is 12.0. The summed E-state index contributed by atoms with van der Waals surface area (Å²) in [4.78, 5) is 14.3. The number of rotatable bonds is 6. The smallest absolute Gasteiger partial charge is 0.415 e. The minimum absolute atomic E-state index is 0.0326. The summed E-state index contributed by atoms with van der Waals surface area (Å²) in [5.74, 6) is 0.517. The number of carbonyl (C=O) groups is 1. The molecule has 3 aliphatic heterocycles. The number of allylic oxidation sites excluding steroid dienone is 1. The fourth-order valence-corrected chi connectivity index (χ4v) is 5.01. The molecule has 0 N–H and O–H groups in total. The first-order chi connectivity index (χ1) is 11.6. The van der Waals surface area contributed by atoms with E-state index in [0.717, 1.165) is 47.4 Å². The highest BCUT2D eigenvalue weighted by Gasteiger charge is 2.47. The lowest BCUT2D eigenvalue weighted by Crippen LogP contribution is -2.64. The minimum Gasteiger partial charge on any atom is -0.440 e. The molecule has 3 fully saturated rings. The topological polar surface area (TPSA) is 29.5 Å². The minimum atomic E-state index is -0.238. The Morgan fingerprint density at radius 3 is 2.83 bits per heavy atom. The maximum absolute atomic E-state index is 12.7. The molecule has 4 nitrogen and oxygen atoms in total. The molecule has 0 radical (unpaired) electrons. The van der Waals surface area contributed by atoms with Gasteiger partial charge in [0.1, 0.15) is 11.5 Å². The maximum Gasteiger partial charge on any atom is 0.415 e. The molecule has 0 saturated carbocycles. The van der Waals surface area contributed by atoms with Crippen molar-refractivity contribution in [3.8, 4) is 0 Å². The van der Waals surface area contributed by atoms with Crippen molar-refractivity contribution in [3.05, 3.63) is 42.3 Å². The Hall–Kier alpha value is -1.59. The van der Waals surface area contributed by atoms with Crippen molar-refractivity contribution in [2.75, 3.05) is 38.1 Å². The number of quaternary nitrogens is 1. The Labute approximate surface area is 148 Å². The number of piperidine rings is 3. The van der Waals surface area contributed by atoms with Crippen molar-refractivity contribution in [1.82, 2.24) is 0 Å². The van der Waals surface area contributed by atoms with Gasteiger partial charge >= 0.3 is 6.09 Å². The number of amides is 1. The van der Waals surface area contributed by atoms with E-state index >= 15 is 0 Å². The van der Waals surface area contributed by atoms with Crippen LogP contribution in [0.5, 0.6) is 0 Å². The molecule has 1 aromatic rings. The van der Waals surface area contributed by atoms with Crippen molar-refractivity contribution in [1.29, 1.82) is 0 Å². The van der Waals surface area contributed by atoms with Crippen LogP contribution >= 0.6 is 11.3 Å².